The molecular formula is C19H20N4O. The summed E-state index contributed by atoms with van der Waals surface area (Å²) in [5.41, 5.74) is 3.71. The van der Waals surface area contributed by atoms with Crippen LogP contribution >= 0.6 is 0 Å². The lowest BCUT2D eigenvalue weighted by molar-refractivity contribution is 0.0930. The summed E-state index contributed by atoms with van der Waals surface area (Å²) in [6.07, 6.45) is 3.96. The van der Waals surface area contributed by atoms with Crippen LogP contribution in [0.3, 0.4) is 0 Å². The highest BCUT2D eigenvalue weighted by molar-refractivity contribution is 5.94. The van der Waals surface area contributed by atoms with E-state index in [4.69, 9.17) is 0 Å². The summed E-state index contributed by atoms with van der Waals surface area (Å²) in [4.78, 5) is 16.8. The Morgan fingerprint density at radius 1 is 1.17 bits per heavy atom. The second-order valence-corrected chi connectivity index (χ2v) is 6.17. The molecule has 1 fully saturated rings. The van der Waals surface area contributed by atoms with Crippen LogP contribution < -0.4 is 10.6 Å². The molecule has 2 heterocycles. The maximum absolute atomic E-state index is 12.4. The Hall–Kier alpha value is -2.66. The molecule has 0 saturated carbocycles. The fourth-order valence-electron chi connectivity index (χ4n) is 3.18. The van der Waals surface area contributed by atoms with E-state index in [1.165, 1.54) is 0 Å². The van der Waals surface area contributed by atoms with Crippen molar-refractivity contribution >= 4 is 16.9 Å². The van der Waals surface area contributed by atoms with Gasteiger partial charge in [-0.15, -0.1) is 0 Å². The van der Waals surface area contributed by atoms with Crippen LogP contribution in [0.2, 0.25) is 0 Å². The number of nitrogens with zero attached hydrogens (tertiary/aromatic N) is 2. The first-order chi connectivity index (χ1) is 11.8. The lowest BCUT2D eigenvalue weighted by Gasteiger charge is -2.23. The molecule has 1 aromatic heterocycles. The first-order valence-corrected chi connectivity index (χ1v) is 8.35. The number of nitrogens with one attached hydrogen (secondary N) is 2. The molecule has 1 amide bonds. The van der Waals surface area contributed by atoms with Gasteiger partial charge in [-0.3, -0.25) is 9.36 Å². The number of para-hydroxylation sites is 2. The standard InChI is InChI=1S/C19H20N4O/c24-19(22-15-4-3-11-20-12-15)14-7-9-16(10-8-14)23-13-21-17-5-1-2-6-18(17)23/h1-2,5-10,13,15,20H,3-4,11-12H2,(H,22,24). The average molecular weight is 320 g/mol. The number of imidazole rings is 1. The Morgan fingerprint density at radius 2 is 2.00 bits per heavy atom. The lowest BCUT2D eigenvalue weighted by Crippen LogP contribution is -2.45. The smallest absolute Gasteiger partial charge is 0.251 e. The van der Waals surface area contributed by atoms with Crippen LogP contribution in [0.15, 0.2) is 54.9 Å². The predicted molar refractivity (Wildman–Crippen MR) is 94.4 cm³/mol. The molecule has 1 unspecified atom stereocenters. The molecule has 1 aliphatic rings. The van der Waals surface area contributed by atoms with Crippen molar-refractivity contribution in [1.29, 1.82) is 0 Å². The highest BCUT2D eigenvalue weighted by Gasteiger charge is 2.16. The van der Waals surface area contributed by atoms with Gasteiger partial charge in [-0.2, -0.15) is 0 Å². The van der Waals surface area contributed by atoms with Crippen LogP contribution in [0.5, 0.6) is 0 Å². The van der Waals surface area contributed by atoms with Crippen molar-refractivity contribution in [3.63, 3.8) is 0 Å². The molecule has 2 N–H and O–H groups in total. The van der Waals surface area contributed by atoms with Gasteiger partial charge in [0, 0.05) is 23.8 Å². The maximum Gasteiger partial charge on any atom is 0.251 e. The minimum absolute atomic E-state index is 0.00857. The van der Waals surface area contributed by atoms with Gasteiger partial charge in [-0.1, -0.05) is 12.1 Å². The largest absolute Gasteiger partial charge is 0.348 e. The van der Waals surface area contributed by atoms with Crippen LogP contribution in [0.25, 0.3) is 16.7 Å². The van der Waals surface area contributed by atoms with Crippen LogP contribution in [-0.4, -0.2) is 34.6 Å². The van der Waals surface area contributed by atoms with Gasteiger partial charge in [-0.05, 0) is 55.8 Å². The van der Waals surface area contributed by atoms with Crippen molar-refractivity contribution in [2.45, 2.75) is 18.9 Å². The van der Waals surface area contributed by atoms with Gasteiger partial charge >= 0.3 is 0 Å². The summed E-state index contributed by atoms with van der Waals surface area (Å²) in [7, 11) is 0. The zero-order valence-electron chi connectivity index (χ0n) is 13.4. The van der Waals surface area contributed by atoms with Crippen molar-refractivity contribution in [3.8, 4) is 5.69 Å². The van der Waals surface area contributed by atoms with E-state index in [2.05, 4.69) is 15.6 Å². The summed E-state index contributed by atoms with van der Waals surface area (Å²) < 4.78 is 2.03. The summed E-state index contributed by atoms with van der Waals surface area (Å²) in [6, 6.07) is 15.9. The summed E-state index contributed by atoms with van der Waals surface area (Å²) in [5, 5.41) is 6.41. The van der Waals surface area contributed by atoms with Crippen LogP contribution in [0.4, 0.5) is 0 Å². The van der Waals surface area contributed by atoms with E-state index in [1.54, 1.807) is 0 Å². The minimum Gasteiger partial charge on any atom is -0.348 e. The number of hydrogen-bond acceptors (Lipinski definition) is 3. The molecule has 122 valence electrons. The number of fused-ring (bicyclic) bond motifs is 1. The molecule has 2 aromatic carbocycles. The lowest BCUT2D eigenvalue weighted by atomic mass is 10.1. The maximum atomic E-state index is 12.4. The van der Waals surface area contributed by atoms with Gasteiger partial charge in [0.2, 0.25) is 0 Å². The van der Waals surface area contributed by atoms with Gasteiger partial charge in [0.05, 0.1) is 11.0 Å². The first kappa shape index (κ1) is 14.9. The molecule has 0 spiro atoms. The predicted octanol–water partition coefficient (Wildman–Crippen LogP) is 2.51. The quantitative estimate of drug-likeness (QED) is 0.779. The Kier molecular flexibility index (Phi) is 4.01. The van der Waals surface area contributed by atoms with E-state index < -0.39 is 0 Å². The molecule has 5 nitrogen and oxygen atoms in total. The Morgan fingerprint density at radius 3 is 2.79 bits per heavy atom. The molecule has 1 saturated heterocycles. The third-order valence-electron chi connectivity index (χ3n) is 4.49. The van der Waals surface area contributed by atoms with Gasteiger partial charge in [0.15, 0.2) is 0 Å². The van der Waals surface area contributed by atoms with Gasteiger partial charge in [0.25, 0.3) is 5.91 Å². The van der Waals surface area contributed by atoms with E-state index in [1.807, 2.05) is 59.4 Å². The average Bonchev–Trinajstić information content (AvgIpc) is 3.07. The molecular weight excluding hydrogens is 300 g/mol. The number of hydrogen-bond donors (Lipinski definition) is 2. The number of carbonyl (C=O) groups excluding carboxylic acids is 1. The second-order valence-electron chi connectivity index (χ2n) is 6.17. The number of carbonyl (C=O) groups is 1. The molecule has 0 radical (unpaired) electrons. The third kappa shape index (κ3) is 2.90. The molecule has 3 aromatic rings. The fraction of sp³-hybridized carbons (Fsp3) is 0.263. The van der Waals surface area contributed by atoms with E-state index in [-0.39, 0.29) is 11.9 Å². The first-order valence-electron chi connectivity index (χ1n) is 8.35. The van der Waals surface area contributed by atoms with Crippen molar-refractivity contribution < 1.29 is 4.79 Å². The van der Waals surface area contributed by atoms with Crippen molar-refractivity contribution in [2.24, 2.45) is 0 Å². The van der Waals surface area contributed by atoms with Crippen molar-refractivity contribution in [2.75, 3.05) is 13.1 Å². The van der Waals surface area contributed by atoms with Crippen LogP contribution in [-0.2, 0) is 0 Å². The SMILES string of the molecule is O=C(NC1CCCNC1)c1ccc(-n2cnc3ccccc32)cc1. The normalized spacial score (nSPS) is 17.8. The molecule has 5 heteroatoms. The van der Waals surface area contributed by atoms with E-state index in [9.17, 15) is 4.79 Å². The Bertz CT molecular complexity index is 847. The summed E-state index contributed by atoms with van der Waals surface area (Å²) in [5.74, 6) is -0.00857. The van der Waals surface area contributed by atoms with Crippen LogP contribution in [0.1, 0.15) is 23.2 Å². The van der Waals surface area contributed by atoms with Gasteiger partial charge < -0.3 is 10.6 Å². The fourth-order valence-corrected chi connectivity index (χ4v) is 3.18. The summed E-state index contributed by atoms with van der Waals surface area (Å²) in [6.45, 7) is 1.89. The minimum atomic E-state index is -0.00857. The van der Waals surface area contributed by atoms with E-state index >= 15 is 0 Å². The Labute approximate surface area is 140 Å². The van der Waals surface area contributed by atoms with Crippen LogP contribution in [0, 0.1) is 0 Å². The number of piperidine rings is 1. The monoisotopic (exact) mass is 320 g/mol. The molecule has 1 atom stereocenters. The number of aromatic nitrogens is 2. The highest BCUT2D eigenvalue weighted by Crippen LogP contribution is 2.18. The number of amides is 1. The molecule has 0 aliphatic carbocycles. The highest BCUT2D eigenvalue weighted by atomic mass is 16.1. The second kappa shape index (κ2) is 6.45. The topological polar surface area (TPSA) is 59.0 Å². The molecule has 4 rings (SSSR count). The van der Waals surface area contributed by atoms with Gasteiger partial charge in [0.1, 0.15) is 6.33 Å². The van der Waals surface area contributed by atoms with Gasteiger partial charge in [-0.25, -0.2) is 4.98 Å². The molecule has 1 aliphatic heterocycles. The van der Waals surface area contributed by atoms with E-state index in [0.29, 0.717) is 5.56 Å². The Balaban J connectivity index is 1.53. The van der Waals surface area contributed by atoms with Crippen molar-refractivity contribution in [1.82, 2.24) is 20.2 Å². The van der Waals surface area contributed by atoms with E-state index in [0.717, 1.165) is 42.7 Å². The molecule has 0 bridgehead atoms. The zero-order chi connectivity index (χ0) is 16.4. The molecule has 24 heavy (non-hydrogen) atoms. The number of benzene rings is 2. The van der Waals surface area contributed by atoms with Crippen molar-refractivity contribution in [3.05, 3.63) is 60.4 Å². The third-order valence-corrected chi connectivity index (χ3v) is 4.49. The summed E-state index contributed by atoms with van der Waals surface area (Å²) >= 11 is 0. The number of rotatable bonds is 3. The zero-order valence-corrected chi connectivity index (χ0v) is 13.4.